The highest BCUT2D eigenvalue weighted by molar-refractivity contribution is 5.95. The van der Waals surface area contributed by atoms with Gasteiger partial charge in [-0.15, -0.1) is 0 Å². The van der Waals surface area contributed by atoms with E-state index in [9.17, 15) is 4.79 Å². The third-order valence-corrected chi connectivity index (χ3v) is 1.47. The highest BCUT2D eigenvalue weighted by Crippen LogP contribution is 2.15. The van der Waals surface area contributed by atoms with Crippen molar-refractivity contribution in [2.75, 3.05) is 6.54 Å². The van der Waals surface area contributed by atoms with Crippen LogP contribution in [0, 0.1) is 0 Å². The molecule has 0 aliphatic carbocycles. The minimum atomic E-state index is 0.124. The van der Waals surface area contributed by atoms with Gasteiger partial charge in [0.2, 0.25) is 0 Å². The van der Waals surface area contributed by atoms with Crippen molar-refractivity contribution in [1.82, 2.24) is 5.01 Å². The molecular weight excluding hydrogens is 128 g/mol. The van der Waals surface area contributed by atoms with Gasteiger partial charge < -0.3 is 0 Å². The van der Waals surface area contributed by atoms with Gasteiger partial charge in [0.1, 0.15) is 6.54 Å². The second kappa shape index (κ2) is 1.80. The van der Waals surface area contributed by atoms with Crippen molar-refractivity contribution in [1.29, 1.82) is 0 Å². The first kappa shape index (κ1) is 5.41. The molecule has 0 saturated carbocycles. The maximum Gasteiger partial charge on any atom is 0.179 e. The van der Waals surface area contributed by atoms with Crippen molar-refractivity contribution >= 4 is 12.0 Å². The standard InChI is InChI=1S/C7H6N2O/c10-7-4-6-2-1-3-8-9(6)5-7/h1-4H,5H2. The summed E-state index contributed by atoms with van der Waals surface area (Å²) < 4.78 is 0. The van der Waals surface area contributed by atoms with Gasteiger partial charge in [-0.25, -0.2) is 0 Å². The average molecular weight is 134 g/mol. The second-order valence-corrected chi connectivity index (χ2v) is 2.22. The molecule has 0 aromatic heterocycles. The molecular formula is C7H6N2O. The molecule has 0 fully saturated rings. The van der Waals surface area contributed by atoms with E-state index in [-0.39, 0.29) is 5.78 Å². The van der Waals surface area contributed by atoms with Gasteiger partial charge in [0.05, 0.1) is 5.70 Å². The Hall–Kier alpha value is -1.38. The fraction of sp³-hybridized carbons (Fsp3) is 0.143. The van der Waals surface area contributed by atoms with Crippen molar-refractivity contribution in [2.45, 2.75) is 0 Å². The Kier molecular flexibility index (Phi) is 0.974. The predicted molar refractivity (Wildman–Crippen MR) is 37.4 cm³/mol. The molecule has 0 saturated heterocycles. The first-order valence-corrected chi connectivity index (χ1v) is 3.09. The molecule has 0 amide bonds. The van der Waals surface area contributed by atoms with Gasteiger partial charge in [-0.2, -0.15) is 5.10 Å². The Morgan fingerprint density at radius 2 is 2.50 bits per heavy atom. The summed E-state index contributed by atoms with van der Waals surface area (Å²) in [5.41, 5.74) is 0.896. The van der Waals surface area contributed by atoms with Crippen LogP contribution in [0.2, 0.25) is 0 Å². The number of carbonyl (C=O) groups is 1. The van der Waals surface area contributed by atoms with Crippen molar-refractivity contribution in [3.63, 3.8) is 0 Å². The number of allylic oxidation sites excluding steroid dienone is 2. The van der Waals surface area contributed by atoms with Crippen LogP contribution in [0.3, 0.4) is 0 Å². The van der Waals surface area contributed by atoms with E-state index < -0.39 is 0 Å². The maximum atomic E-state index is 10.8. The number of hydrazone groups is 1. The number of rotatable bonds is 0. The summed E-state index contributed by atoms with van der Waals surface area (Å²) in [5, 5.41) is 5.66. The second-order valence-electron chi connectivity index (χ2n) is 2.22. The molecule has 10 heavy (non-hydrogen) atoms. The third-order valence-electron chi connectivity index (χ3n) is 1.47. The summed E-state index contributed by atoms with van der Waals surface area (Å²) in [6.45, 7) is 0.399. The number of nitrogens with zero attached hydrogens (tertiary/aromatic N) is 2. The number of ketones is 1. The van der Waals surface area contributed by atoms with E-state index in [1.54, 1.807) is 17.3 Å². The van der Waals surface area contributed by atoms with E-state index in [1.165, 1.54) is 0 Å². The quantitative estimate of drug-likeness (QED) is 0.477. The zero-order valence-electron chi connectivity index (χ0n) is 5.32. The molecule has 2 aliphatic heterocycles. The zero-order chi connectivity index (χ0) is 6.97. The largest absolute Gasteiger partial charge is 0.293 e. The smallest absolute Gasteiger partial charge is 0.179 e. The number of hydrogen-bond acceptors (Lipinski definition) is 3. The van der Waals surface area contributed by atoms with Crippen molar-refractivity contribution in [2.24, 2.45) is 5.10 Å². The molecule has 2 heterocycles. The SMILES string of the molecule is O=C1C=C2C=CC=NN2C1. The van der Waals surface area contributed by atoms with Gasteiger partial charge in [0.25, 0.3) is 0 Å². The van der Waals surface area contributed by atoms with Crippen LogP contribution < -0.4 is 0 Å². The van der Waals surface area contributed by atoms with Crippen LogP contribution in [0.15, 0.2) is 29.0 Å². The van der Waals surface area contributed by atoms with Crippen molar-refractivity contribution < 1.29 is 4.79 Å². The van der Waals surface area contributed by atoms with Gasteiger partial charge in [0, 0.05) is 12.3 Å². The lowest BCUT2D eigenvalue weighted by Crippen LogP contribution is -2.16. The van der Waals surface area contributed by atoms with Crippen LogP contribution in [0.4, 0.5) is 0 Å². The van der Waals surface area contributed by atoms with Crippen LogP contribution in [0.25, 0.3) is 0 Å². The molecule has 3 heteroatoms. The molecule has 0 bridgehead atoms. The molecule has 0 aromatic carbocycles. The first-order chi connectivity index (χ1) is 4.86. The first-order valence-electron chi connectivity index (χ1n) is 3.09. The van der Waals surface area contributed by atoms with E-state index >= 15 is 0 Å². The van der Waals surface area contributed by atoms with E-state index in [0.717, 1.165) is 5.70 Å². The highest BCUT2D eigenvalue weighted by atomic mass is 16.1. The monoisotopic (exact) mass is 134 g/mol. The predicted octanol–water partition coefficient (Wildman–Crippen LogP) is 0.311. The molecule has 0 spiro atoms. The van der Waals surface area contributed by atoms with Crippen LogP contribution >= 0.6 is 0 Å². The van der Waals surface area contributed by atoms with Crippen molar-refractivity contribution in [3.05, 3.63) is 23.9 Å². The Bertz CT molecular complexity index is 263. The van der Waals surface area contributed by atoms with Gasteiger partial charge in [0.15, 0.2) is 5.78 Å². The molecule has 2 aliphatic rings. The summed E-state index contributed by atoms with van der Waals surface area (Å²) in [5.74, 6) is 0.124. The molecule has 2 rings (SSSR count). The lowest BCUT2D eigenvalue weighted by atomic mass is 10.3. The zero-order valence-corrected chi connectivity index (χ0v) is 5.32. The summed E-state index contributed by atoms with van der Waals surface area (Å²) in [7, 11) is 0. The van der Waals surface area contributed by atoms with Gasteiger partial charge in [-0.3, -0.25) is 9.80 Å². The lowest BCUT2D eigenvalue weighted by Gasteiger charge is -2.13. The minimum absolute atomic E-state index is 0.124. The van der Waals surface area contributed by atoms with E-state index in [2.05, 4.69) is 5.10 Å². The Morgan fingerprint density at radius 1 is 1.60 bits per heavy atom. The van der Waals surface area contributed by atoms with Crippen LogP contribution in [-0.2, 0) is 4.79 Å². The minimum Gasteiger partial charge on any atom is -0.293 e. The number of carbonyl (C=O) groups excluding carboxylic acids is 1. The summed E-state index contributed by atoms with van der Waals surface area (Å²) in [6.07, 6.45) is 6.97. The molecule has 50 valence electrons. The molecule has 3 nitrogen and oxygen atoms in total. The molecule has 0 radical (unpaired) electrons. The maximum absolute atomic E-state index is 10.8. The topological polar surface area (TPSA) is 32.7 Å². The fourth-order valence-electron chi connectivity index (χ4n) is 1.03. The normalized spacial score (nSPS) is 21.4. The lowest BCUT2D eigenvalue weighted by molar-refractivity contribution is -0.114. The average Bonchev–Trinajstić information content (AvgIpc) is 2.27. The number of hydrogen-bond donors (Lipinski definition) is 0. The molecule has 0 atom stereocenters. The summed E-state index contributed by atoms with van der Waals surface area (Å²) >= 11 is 0. The number of fused-ring (bicyclic) bond motifs is 1. The van der Waals surface area contributed by atoms with Gasteiger partial charge in [-0.1, -0.05) is 0 Å². The Balaban J connectivity index is 2.37. The van der Waals surface area contributed by atoms with E-state index in [1.807, 2.05) is 12.2 Å². The van der Waals surface area contributed by atoms with Crippen molar-refractivity contribution in [3.8, 4) is 0 Å². The third kappa shape index (κ3) is 0.673. The molecule has 0 unspecified atom stereocenters. The molecule has 0 aromatic rings. The summed E-state index contributed by atoms with van der Waals surface area (Å²) in [6, 6.07) is 0. The summed E-state index contributed by atoms with van der Waals surface area (Å²) in [4.78, 5) is 10.8. The van der Waals surface area contributed by atoms with Crippen LogP contribution in [-0.4, -0.2) is 23.6 Å². The van der Waals surface area contributed by atoms with E-state index in [0.29, 0.717) is 6.54 Å². The highest BCUT2D eigenvalue weighted by Gasteiger charge is 2.18. The van der Waals surface area contributed by atoms with Crippen LogP contribution in [0.5, 0.6) is 0 Å². The van der Waals surface area contributed by atoms with E-state index in [4.69, 9.17) is 0 Å². The van der Waals surface area contributed by atoms with Gasteiger partial charge in [-0.05, 0) is 12.2 Å². The Labute approximate surface area is 58.3 Å². The Morgan fingerprint density at radius 3 is 3.30 bits per heavy atom. The molecule has 0 N–H and O–H groups in total. The van der Waals surface area contributed by atoms with Gasteiger partial charge >= 0.3 is 0 Å². The van der Waals surface area contributed by atoms with Crippen LogP contribution in [0.1, 0.15) is 0 Å². The fourth-order valence-corrected chi connectivity index (χ4v) is 1.03.